The smallest absolute Gasteiger partial charge is 0.326 e. The van der Waals surface area contributed by atoms with Gasteiger partial charge in [-0.05, 0) is 37.8 Å². The second-order valence-corrected chi connectivity index (χ2v) is 5.66. The first kappa shape index (κ1) is 17.1. The molecule has 0 aliphatic heterocycles. The van der Waals surface area contributed by atoms with E-state index in [1.165, 1.54) is 0 Å². The van der Waals surface area contributed by atoms with Crippen molar-refractivity contribution in [2.45, 2.75) is 52.1 Å². The summed E-state index contributed by atoms with van der Waals surface area (Å²) < 4.78 is 5.22. The van der Waals surface area contributed by atoms with Crippen LogP contribution in [-0.2, 0) is 11.2 Å². The van der Waals surface area contributed by atoms with Gasteiger partial charge in [0.2, 0.25) is 0 Å². The maximum Gasteiger partial charge on any atom is 0.326 e. The number of carboxylic acid groups (broad SMARTS) is 1. The Morgan fingerprint density at radius 1 is 1.29 bits per heavy atom. The van der Waals surface area contributed by atoms with Crippen LogP contribution in [0.25, 0.3) is 0 Å². The number of hydrogen-bond acceptors (Lipinski definition) is 3. The summed E-state index contributed by atoms with van der Waals surface area (Å²) in [5, 5.41) is 14.3. The van der Waals surface area contributed by atoms with Gasteiger partial charge in [-0.1, -0.05) is 13.8 Å². The number of nitrogens with one attached hydrogen (secondary N) is 2. The van der Waals surface area contributed by atoms with Crippen LogP contribution in [0.3, 0.4) is 0 Å². The van der Waals surface area contributed by atoms with Crippen molar-refractivity contribution in [2.24, 2.45) is 5.92 Å². The van der Waals surface area contributed by atoms with E-state index in [0.29, 0.717) is 6.42 Å². The van der Waals surface area contributed by atoms with Gasteiger partial charge in [-0.15, -0.1) is 0 Å². The lowest BCUT2D eigenvalue weighted by atomic mass is 10.0. The lowest BCUT2D eigenvalue weighted by Gasteiger charge is -2.19. The largest absolute Gasteiger partial charge is 0.480 e. The molecule has 6 nitrogen and oxygen atoms in total. The third kappa shape index (κ3) is 6.83. The molecule has 1 aromatic heterocycles. The second-order valence-electron chi connectivity index (χ2n) is 5.66. The first-order chi connectivity index (χ1) is 9.88. The van der Waals surface area contributed by atoms with Gasteiger partial charge in [-0.3, -0.25) is 0 Å². The Labute approximate surface area is 124 Å². The first-order valence-corrected chi connectivity index (χ1v) is 7.20. The summed E-state index contributed by atoms with van der Waals surface area (Å²) in [6, 6.07) is 2.33. The Balaban J connectivity index is 2.35. The molecule has 0 bridgehead atoms. The van der Waals surface area contributed by atoms with Crippen molar-refractivity contribution in [1.82, 2.24) is 10.6 Å². The number of aryl methyl sites for hydroxylation is 1. The van der Waals surface area contributed by atoms with Crippen molar-refractivity contribution in [3.63, 3.8) is 0 Å². The minimum absolute atomic E-state index is 0.0661. The van der Waals surface area contributed by atoms with Crippen LogP contribution in [0, 0.1) is 5.92 Å². The highest BCUT2D eigenvalue weighted by Crippen LogP contribution is 2.07. The van der Waals surface area contributed by atoms with E-state index >= 15 is 0 Å². The van der Waals surface area contributed by atoms with Crippen LogP contribution in [-0.4, -0.2) is 29.2 Å². The normalized spacial score (nSPS) is 13.7. The van der Waals surface area contributed by atoms with Crippen molar-refractivity contribution in [3.05, 3.63) is 24.2 Å². The van der Waals surface area contributed by atoms with Crippen LogP contribution in [0.5, 0.6) is 0 Å². The van der Waals surface area contributed by atoms with E-state index in [-0.39, 0.29) is 12.0 Å². The topological polar surface area (TPSA) is 91.6 Å². The highest BCUT2D eigenvalue weighted by Gasteiger charge is 2.21. The van der Waals surface area contributed by atoms with Crippen molar-refractivity contribution in [3.8, 4) is 0 Å². The molecule has 0 spiro atoms. The zero-order chi connectivity index (χ0) is 15.8. The maximum atomic E-state index is 11.8. The predicted octanol–water partition coefficient (Wildman–Crippen LogP) is 2.40. The number of carboxylic acids is 1. The lowest BCUT2D eigenvalue weighted by molar-refractivity contribution is -0.139. The molecule has 0 fully saturated rings. The fourth-order valence-electron chi connectivity index (χ4n) is 2.00. The van der Waals surface area contributed by atoms with Gasteiger partial charge in [0.15, 0.2) is 0 Å². The molecule has 118 valence electrons. The molecule has 1 unspecified atom stereocenters. The number of amides is 2. The molecule has 6 heteroatoms. The van der Waals surface area contributed by atoms with Gasteiger partial charge in [0.1, 0.15) is 11.8 Å². The van der Waals surface area contributed by atoms with E-state index < -0.39 is 18.0 Å². The predicted molar refractivity (Wildman–Crippen MR) is 79.0 cm³/mol. The third-order valence-corrected chi connectivity index (χ3v) is 3.09. The summed E-state index contributed by atoms with van der Waals surface area (Å²) in [4.78, 5) is 22.9. The average molecular weight is 296 g/mol. The Bertz CT molecular complexity index is 443. The molecule has 2 atom stereocenters. The number of hydrogen-bond donors (Lipinski definition) is 3. The zero-order valence-corrected chi connectivity index (χ0v) is 12.8. The highest BCUT2D eigenvalue weighted by atomic mass is 16.4. The summed E-state index contributed by atoms with van der Waals surface area (Å²) >= 11 is 0. The summed E-state index contributed by atoms with van der Waals surface area (Å²) in [5.74, 6) is 0.0529. The van der Waals surface area contributed by atoms with E-state index in [9.17, 15) is 9.59 Å². The van der Waals surface area contributed by atoms with Crippen LogP contribution in [0.2, 0.25) is 0 Å². The summed E-state index contributed by atoms with van der Waals surface area (Å²) in [6.45, 7) is 5.71. The highest BCUT2D eigenvalue weighted by molar-refractivity contribution is 5.82. The lowest BCUT2D eigenvalue weighted by Crippen LogP contribution is -2.48. The summed E-state index contributed by atoms with van der Waals surface area (Å²) in [5.41, 5.74) is 0. The standard InChI is InChI=1S/C15H24N2O4/c1-10(2)9-13(14(18)19)17-15(20)16-11(3)6-7-12-5-4-8-21-12/h4-5,8,10-11,13H,6-7,9H2,1-3H3,(H,18,19)(H2,16,17,20)/t11?,13-/m0/s1. The number of rotatable bonds is 8. The quantitative estimate of drug-likeness (QED) is 0.687. The molecular formula is C15H24N2O4. The number of carbonyl (C=O) groups excluding carboxylic acids is 1. The van der Waals surface area contributed by atoms with E-state index in [1.807, 2.05) is 32.9 Å². The Morgan fingerprint density at radius 3 is 2.52 bits per heavy atom. The molecule has 0 saturated heterocycles. The molecular weight excluding hydrogens is 272 g/mol. The monoisotopic (exact) mass is 296 g/mol. The Kier molecular flexibility index (Phi) is 6.78. The molecule has 1 rings (SSSR count). The first-order valence-electron chi connectivity index (χ1n) is 7.20. The molecule has 1 aromatic rings. The van der Waals surface area contributed by atoms with Gasteiger partial charge >= 0.3 is 12.0 Å². The molecule has 0 aliphatic rings. The van der Waals surface area contributed by atoms with Crippen molar-refractivity contribution < 1.29 is 19.1 Å². The van der Waals surface area contributed by atoms with Gasteiger partial charge in [0.25, 0.3) is 0 Å². The molecule has 0 radical (unpaired) electrons. The van der Waals surface area contributed by atoms with Gasteiger partial charge in [-0.2, -0.15) is 0 Å². The van der Waals surface area contributed by atoms with Crippen LogP contribution in [0.4, 0.5) is 4.79 Å². The van der Waals surface area contributed by atoms with Crippen molar-refractivity contribution in [2.75, 3.05) is 0 Å². The molecule has 3 N–H and O–H groups in total. The van der Waals surface area contributed by atoms with E-state index in [2.05, 4.69) is 10.6 Å². The van der Waals surface area contributed by atoms with Gasteiger partial charge < -0.3 is 20.2 Å². The van der Waals surface area contributed by atoms with Crippen molar-refractivity contribution in [1.29, 1.82) is 0 Å². The van der Waals surface area contributed by atoms with E-state index in [4.69, 9.17) is 9.52 Å². The molecule has 1 heterocycles. The Morgan fingerprint density at radius 2 is 2.00 bits per heavy atom. The number of carbonyl (C=O) groups is 2. The summed E-state index contributed by atoms with van der Waals surface area (Å²) in [6.07, 6.45) is 3.47. The van der Waals surface area contributed by atoms with Gasteiger partial charge in [0, 0.05) is 12.5 Å². The van der Waals surface area contributed by atoms with Crippen LogP contribution >= 0.6 is 0 Å². The molecule has 0 aliphatic carbocycles. The number of urea groups is 1. The number of furan rings is 1. The third-order valence-electron chi connectivity index (χ3n) is 3.09. The average Bonchev–Trinajstić information content (AvgIpc) is 2.87. The zero-order valence-electron chi connectivity index (χ0n) is 12.8. The van der Waals surface area contributed by atoms with Crippen molar-refractivity contribution >= 4 is 12.0 Å². The van der Waals surface area contributed by atoms with E-state index in [0.717, 1.165) is 18.6 Å². The van der Waals surface area contributed by atoms with Gasteiger partial charge in [0.05, 0.1) is 6.26 Å². The Hall–Kier alpha value is -1.98. The molecule has 0 aromatic carbocycles. The van der Waals surface area contributed by atoms with E-state index in [1.54, 1.807) is 6.26 Å². The van der Waals surface area contributed by atoms with Crippen LogP contribution in [0.15, 0.2) is 22.8 Å². The molecule has 0 saturated carbocycles. The minimum Gasteiger partial charge on any atom is -0.480 e. The fourth-order valence-corrected chi connectivity index (χ4v) is 2.00. The fraction of sp³-hybridized carbons (Fsp3) is 0.600. The SMILES string of the molecule is CC(C)C[C@H](NC(=O)NC(C)CCc1ccco1)C(=O)O. The molecule has 21 heavy (non-hydrogen) atoms. The van der Waals surface area contributed by atoms with Gasteiger partial charge in [-0.25, -0.2) is 9.59 Å². The second kappa shape index (κ2) is 8.34. The maximum absolute atomic E-state index is 11.8. The number of aliphatic carboxylic acids is 1. The summed E-state index contributed by atoms with van der Waals surface area (Å²) in [7, 11) is 0. The van der Waals surface area contributed by atoms with Crippen LogP contribution in [0.1, 0.15) is 39.4 Å². The molecule has 2 amide bonds. The van der Waals surface area contributed by atoms with Crippen LogP contribution < -0.4 is 10.6 Å². The minimum atomic E-state index is -1.01.